The Labute approximate surface area is 203 Å². The Morgan fingerprint density at radius 2 is 1.09 bits per heavy atom. The lowest BCUT2D eigenvalue weighted by Crippen LogP contribution is -2.56. The van der Waals surface area contributed by atoms with Gasteiger partial charge in [-0.15, -0.1) is 0 Å². The van der Waals surface area contributed by atoms with Crippen LogP contribution in [0.5, 0.6) is 0 Å². The van der Waals surface area contributed by atoms with E-state index >= 15 is 0 Å². The topological polar surface area (TPSA) is 180 Å². The molecule has 8 N–H and O–H groups in total. The molecule has 0 unspecified atom stereocenters. The Morgan fingerprint density at radius 3 is 1.35 bits per heavy atom. The molecule has 2 saturated heterocycles. The average Bonchev–Trinajstić information content (AvgIpc) is 2.74. The van der Waals surface area contributed by atoms with E-state index in [0.29, 0.717) is 75.8 Å². The molecule has 12 heteroatoms. The zero-order valence-corrected chi connectivity index (χ0v) is 20.7. The van der Waals surface area contributed by atoms with Gasteiger partial charge in [-0.2, -0.15) is 0 Å². The summed E-state index contributed by atoms with van der Waals surface area (Å²) in [6, 6.07) is 0. The molecule has 2 rings (SSSR count). The fourth-order valence-corrected chi connectivity index (χ4v) is 5.08. The number of carboxylic acid groups (broad SMARTS) is 2. The number of hydrogen-bond donors (Lipinski definition) is 8. The molecule has 2 fully saturated rings. The first-order valence-electron chi connectivity index (χ1n) is 12.6. The van der Waals surface area contributed by atoms with Crippen LogP contribution in [0.2, 0.25) is 12.6 Å². The van der Waals surface area contributed by atoms with Crippen molar-refractivity contribution in [3.05, 3.63) is 0 Å². The van der Waals surface area contributed by atoms with Crippen LogP contribution < -0.4 is 10.6 Å². The molecule has 10 nitrogen and oxygen atoms in total. The van der Waals surface area contributed by atoms with Gasteiger partial charge in [0.25, 0.3) is 0 Å². The number of rotatable bonds is 12. The number of piperidine rings is 2. The van der Waals surface area contributed by atoms with Gasteiger partial charge < -0.3 is 40.9 Å². The molecule has 0 amide bonds. The summed E-state index contributed by atoms with van der Waals surface area (Å²) in [7, 11) is -2.57. The number of nitrogens with one attached hydrogen (secondary N) is 2. The third kappa shape index (κ3) is 10.6. The number of unbranched alkanes of at least 4 members (excludes halogenated alkanes) is 2. The lowest BCUT2D eigenvalue weighted by atomic mass is 9.77. The van der Waals surface area contributed by atoms with Crippen LogP contribution in [0.1, 0.15) is 78.1 Å². The second kappa shape index (κ2) is 15.1. The number of carbonyl (C=O) groups is 2. The Bertz CT molecular complexity index is 576. The zero-order valence-electron chi connectivity index (χ0n) is 20.7. The first kappa shape index (κ1) is 30.9. The highest BCUT2D eigenvalue weighted by molar-refractivity contribution is 6.41. The molecule has 0 aromatic rings. The standard InChI is InChI=1S/2C11H22BNO4/c2*1-9-4-7-13-11(8-9,10(14)15)5-2-3-6-12(16)17/h2*9,13,16-17H,2-8H2,1H3,(H,14,15)/t9-,11+;9-,11-/m00/s1. The minimum Gasteiger partial charge on any atom is -0.480 e. The van der Waals surface area contributed by atoms with Crippen molar-refractivity contribution in [1.82, 2.24) is 10.6 Å². The average molecular weight is 486 g/mol. The molecule has 2 heterocycles. The molecule has 0 spiro atoms. The SMILES string of the molecule is C[C@H]1CCN[C@@](CCCCB(O)O)(C(=O)O)C1.C[C@H]1CCN[C@](CCCCB(O)O)(C(=O)O)C1. The van der Waals surface area contributed by atoms with Crippen LogP contribution in [0.3, 0.4) is 0 Å². The Balaban J connectivity index is 0.000000340. The predicted molar refractivity (Wildman–Crippen MR) is 131 cm³/mol. The molecule has 0 bridgehead atoms. The summed E-state index contributed by atoms with van der Waals surface area (Å²) in [6.45, 7) is 5.65. The van der Waals surface area contributed by atoms with Crippen molar-refractivity contribution >= 4 is 26.2 Å². The lowest BCUT2D eigenvalue weighted by molar-refractivity contribution is -0.148. The van der Waals surface area contributed by atoms with Crippen LogP contribution in [-0.2, 0) is 9.59 Å². The molecule has 0 aromatic carbocycles. The molecule has 0 saturated carbocycles. The van der Waals surface area contributed by atoms with E-state index in [9.17, 15) is 19.8 Å². The van der Waals surface area contributed by atoms with Gasteiger partial charge in [-0.3, -0.25) is 9.59 Å². The largest absolute Gasteiger partial charge is 0.480 e. The molecule has 0 aromatic heterocycles. The van der Waals surface area contributed by atoms with E-state index in [1.54, 1.807) is 0 Å². The summed E-state index contributed by atoms with van der Waals surface area (Å²) in [5.74, 6) is -0.714. The molecule has 0 radical (unpaired) electrons. The summed E-state index contributed by atoms with van der Waals surface area (Å²) >= 11 is 0. The molecule has 2 aliphatic heterocycles. The van der Waals surface area contributed by atoms with Gasteiger partial charge in [0, 0.05) is 0 Å². The fraction of sp³-hybridized carbons (Fsp3) is 0.909. The van der Waals surface area contributed by atoms with Gasteiger partial charge in [-0.05, 0) is 76.1 Å². The van der Waals surface area contributed by atoms with Gasteiger partial charge in [-0.25, -0.2) is 0 Å². The molecule has 196 valence electrons. The van der Waals surface area contributed by atoms with Gasteiger partial charge in [0.15, 0.2) is 0 Å². The van der Waals surface area contributed by atoms with E-state index in [2.05, 4.69) is 24.5 Å². The monoisotopic (exact) mass is 486 g/mol. The first-order valence-corrected chi connectivity index (χ1v) is 12.6. The Hall–Kier alpha value is -1.17. The molecule has 4 atom stereocenters. The van der Waals surface area contributed by atoms with Crippen LogP contribution >= 0.6 is 0 Å². The number of hydrogen-bond acceptors (Lipinski definition) is 8. The maximum Gasteiger partial charge on any atom is 0.451 e. The van der Waals surface area contributed by atoms with E-state index in [1.165, 1.54) is 0 Å². The van der Waals surface area contributed by atoms with E-state index in [0.717, 1.165) is 25.9 Å². The van der Waals surface area contributed by atoms with Gasteiger partial charge in [0.1, 0.15) is 11.1 Å². The molecular weight excluding hydrogens is 442 g/mol. The minimum atomic E-state index is -1.28. The van der Waals surface area contributed by atoms with Crippen LogP contribution in [-0.4, -0.2) is 80.7 Å². The lowest BCUT2D eigenvalue weighted by Gasteiger charge is -2.37. The first-order chi connectivity index (χ1) is 15.9. The van der Waals surface area contributed by atoms with Crippen LogP contribution in [0.15, 0.2) is 0 Å². The van der Waals surface area contributed by atoms with Crippen LogP contribution in [0.25, 0.3) is 0 Å². The summed E-state index contributed by atoms with van der Waals surface area (Å²) in [6.07, 6.45) is 7.76. The van der Waals surface area contributed by atoms with Crippen molar-refractivity contribution in [3.63, 3.8) is 0 Å². The number of carboxylic acids is 2. The minimum absolute atomic E-state index is 0.311. The van der Waals surface area contributed by atoms with E-state index in [4.69, 9.17) is 20.1 Å². The molecule has 2 aliphatic rings. The Kier molecular flexibility index (Phi) is 13.7. The van der Waals surface area contributed by atoms with Crippen molar-refractivity contribution in [2.45, 2.75) is 102 Å². The number of aliphatic carboxylic acids is 2. The summed E-state index contributed by atoms with van der Waals surface area (Å²) < 4.78 is 0. The third-order valence-corrected chi connectivity index (χ3v) is 7.05. The van der Waals surface area contributed by atoms with E-state index < -0.39 is 37.3 Å². The van der Waals surface area contributed by atoms with Gasteiger partial charge in [0.05, 0.1) is 0 Å². The smallest absolute Gasteiger partial charge is 0.451 e. The van der Waals surface area contributed by atoms with Crippen LogP contribution in [0, 0.1) is 11.8 Å². The highest BCUT2D eigenvalue weighted by Gasteiger charge is 2.42. The quantitative estimate of drug-likeness (QED) is 0.146. The zero-order chi connectivity index (χ0) is 25.8. The summed E-state index contributed by atoms with van der Waals surface area (Å²) in [5, 5.41) is 59.9. The predicted octanol–water partition coefficient (Wildman–Crippen LogP) is 0.945. The Morgan fingerprint density at radius 1 is 0.735 bits per heavy atom. The summed E-state index contributed by atoms with van der Waals surface area (Å²) in [5.41, 5.74) is -1.61. The highest BCUT2D eigenvalue weighted by Crippen LogP contribution is 2.30. The molecular formula is C22H44B2N2O8. The maximum absolute atomic E-state index is 11.4. The van der Waals surface area contributed by atoms with Crippen molar-refractivity contribution in [1.29, 1.82) is 0 Å². The molecule has 34 heavy (non-hydrogen) atoms. The van der Waals surface area contributed by atoms with Crippen molar-refractivity contribution in [2.75, 3.05) is 13.1 Å². The third-order valence-electron chi connectivity index (χ3n) is 7.05. The van der Waals surface area contributed by atoms with Crippen molar-refractivity contribution < 1.29 is 39.9 Å². The second-order valence-electron chi connectivity index (χ2n) is 10.3. The van der Waals surface area contributed by atoms with Gasteiger partial charge in [-0.1, -0.05) is 39.5 Å². The highest BCUT2D eigenvalue weighted by atomic mass is 16.4. The maximum atomic E-state index is 11.4. The van der Waals surface area contributed by atoms with Gasteiger partial charge >= 0.3 is 26.2 Å². The van der Waals surface area contributed by atoms with Crippen molar-refractivity contribution in [2.24, 2.45) is 11.8 Å². The second-order valence-corrected chi connectivity index (χ2v) is 10.3. The van der Waals surface area contributed by atoms with E-state index in [-0.39, 0.29) is 0 Å². The van der Waals surface area contributed by atoms with Crippen LogP contribution in [0.4, 0.5) is 0 Å². The molecule has 0 aliphatic carbocycles. The van der Waals surface area contributed by atoms with Gasteiger partial charge in [0.2, 0.25) is 0 Å². The van der Waals surface area contributed by atoms with E-state index in [1.807, 2.05) is 0 Å². The normalized spacial score (nSPS) is 29.0. The summed E-state index contributed by atoms with van der Waals surface area (Å²) in [4.78, 5) is 22.8. The van der Waals surface area contributed by atoms with Crippen molar-refractivity contribution in [3.8, 4) is 0 Å². The fourth-order valence-electron chi connectivity index (χ4n) is 5.08.